The van der Waals surface area contributed by atoms with E-state index in [2.05, 4.69) is 45.3 Å². The van der Waals surface area contributed by atoms with Gasteiger partial charge in [-0.2, -0.15) is 5.48 Å². The molecule has 0 spiro atoms. The average molecular weight is 249 g/mol. The van der Waals surface area contributed by atoms with Crippen LogP contribution in [0.25, 0.3) is 0 Å². The molecule has 100 valence electrons. The van der Waals surface area contributed by atoms with Crippen molar-refractivity contribution in [2.75, 3.05) is 13.7 Å². The second-order valence-electron chi connectivity index (χ2n) is 5.85. The van der Waals surface area contributed by atoms with Gasteiger partial charge in [0.25, 0.3) is 0 Å². The largest absolute Gasteiger partial charge is 0.491 e. The standard InChI is InChI=1S/C15H23NO2/c1-6-10-7-11-13(16-17-5)9-18-14(11)12(8-10)15(2,3)4/h7-8,13,16H,6,9H2,1-5H3. The predicted octanol–water partition coefficient (Wildman–Crippen LogP) is 3.13. The smallest absolute Gasteiger partial charge is 0.128 e. The predicted molar refractivity (Wildman–Crippen MR) is 72.9 cm³/mol. The van der Waals surface area contributed by atoms with Gasteiger partial charge in [-0.3, -0.25) is 0 Å². The molecule has 1 N–H and O–H groups in total. The van der Waals surface area contributed by atoms with Crippen molar-refractivity contribution in [3.63, 3.8) is 0 Å². The molecule has 0 bridgehead atoms. The molecule has 1 aliphatic heterocycles. The highest BCUT2D eigenvalue weighted by Gasteiger charge is 2.31. The molecule has 0 aliphatic carbocycles. The molecule has 2 rings (SSSR count). The van der Waals surface area contributed by atoms with E-state index in [1.165, 1.54) is 16.7 Å². The number of aryl methyl sites for hydroxylation is 1. The third kappa shape index (κ3) is 2.38. The minimum atomic E-state index is 0.0945. The Morgan fingerprint density at radius 2 is 2.11 bits per heavy atom. The van der Waals surface area contributed by atoms with E-state index in [0.29, 0.717) is 6.61 Å². The Balaban J connectivity index is 2.51. The fourth-order valence-corrected chi connectivity index (χ4v) is 2.39. The molecule has 0 saturated heterocycles. The van der Waals surface area contributed by atoms with Crippen LogP contribution in [0.5, 0.6) is 5.75 Å². The van der Waals surface area contributed by atoms with Gasteiger partial charge >= 0.3 is 0 Å². The van der Waals surface area contributed by atoms with Crippen LogP contribution in [0.3, 0.4) is 0 Å². The maximum Gasteiger partial charge on any atom is 0.128 e. The van der Waals surface area contributed by atoms with Gasteiger partial charge in [0.1, 0.15) is 12.4 Å². The summed E-state index contributed by atoms with van der Waals surface area (Å²) in [6.45, 7) is 9.50. The SMILES string of the molecule is CCc1cc2c(c(C(C)(C)C)c1)OCC2NOC. The van der Waals surface area contributed by atoms with Crippen molar-refractivity contribution in [1.82, 2.24) is 5.48 Å². The quantitative estimate of drug-likeness (QED) is 0.835. The maximum absolute atomic E-state index is 5.88. The van der Waals surface area contributed by atoms with Crippen molar-refractivity contribution < 1.29 is 9.57 Å². The van der Waals surface area contributed by atoms with E-state index in [0.717, 1.165) is 12.2 Å². The average Bonchev–Trinajstić information content (AvgIpc) is 2.70. The van der Waals surface area contributed by atoms with Gasteiger partial charge in [-0.25, -0.2) is 0 Å². The number of rotatable bonds is 3. The van der Waals surface area contributed by atoms with Gasteiger partial charge in [-0.05, 0) is 17.4 Å². The molecule has 1 heterocycles. The lowest BCUT2D eigenvalue weighted by Crippen LogP contribution is -2.21. The zero-order valence-corrected chi connectivity index (χ0v) is 12.0. The van der Waals surface area contributed by atoms with Crippen LogP contribution in [0.1, 0.15) is 50.4 Å². The molecule has 1 unspecified atom stereocenters. The van der Waals surface area contributed by atoms with Gasteiger partial charge in [0.15, 0.2) is 0 Å². The third-order valence-corrected chi connectivity index (χ3v) is 3.42. The molecule has 3 nitrogen and oxygen atoms in total. The Bertz CT molecular complexity index is 435. The molecular weight excluding hydrogens is 226 g/mol. The number of hydrogen-bond donors (Lipinski definition) is 1. The van der Waals surface area contributed by atoms with Gasteiger partial charge in [0, 0.05) is 11.1 Å². The number of fused-ring (bicyclic) bond motifs is 1. The summed E-state index contributed by atoms with van der Waals surface area (Å²) in [5.41, 5.74) is 6.97. The Hall–Kier alpha value is -1.06. The number of nitrogens with one attached hydrogen (secondary N) is 1. The van der Waals surface area contributed by atoms with E-state index in [9.17, 15) is 0 Å². The van der Waals surface area contributed by atoms with Crippen LogP contribution in [-0.4, -0.2) is 13.7 Å². The monoisotopic (exact) mass is 249 g/mol. The van der Waals surface area contributed by atoms with Crippen molar-refractivity contribution in [2.45, 2.75) is 45.6 Å². The molecule has 1 atom stereocenters. The fraction of sp³-hybridized carbons (Fsp3) is 0.600. The highest BCUT2D eigenvalue weighted by Crippen LogP contribution is 2.41. The summed E-state index contributed by atoms with van der Waals surface area (Å²) in [6, 6.07) is 4.64. The van der Waals surface area contributed by atoms with Gasteiger partial charge in [0.05, 0.1) is 13.2 Å². The van der Waals surface area contributed by atoms with E-state index in [4.69, 9.17) is 9.57 Å². The molecule has 1 aliphatic rings. The topological polar surface area (TPSA) is 30.5 Å². The van der Waals surface area contributed by atoms with Crippen LogP contribution in [0.4, 0.5) is 0 Å². The molecular formula is C15H23NO2. The van der Waals surface area contributed by atoms with Gasteiger partial charge < -0.3 is 9.57 Å². The van der Waals surface area contributed by atoms with Crippen molar-refractivity contribution in [3.05, 3.63) is 28.8 Å². The van der Waals surface area contributed by atoms with Crippen molar-refractivity contribution in [3.8, 4) is 5.75 Å². The highest BCUT2D eigenvalue weighted by atomic mass is 16.6. The zero-order chi connectivity index (χ0) is 13.3. The van der Waals surface area contributed by atoms with E-state index in [-0.39, 0.29) is 11.5 Å². The number of benzene rings is 1. The molecule has 3 heteroatoms. The van der Waals surface area contributed by atoms with Crippen molar-refractivity contribution in [1.29, 1.82) is 0 Å². The summed E-state index contributed by atoms with van der Waals surface area (Å²) in [5, 5.41) is 0. The Labute approximate surface area is 109 Å². The first-order valence-electron chi connectivity index (χ1n) is 6.56. The summed E-state index contributed by atoms with van der Waals surface area (Å²) in [6.07, 6.45) is 1.04. The summed E-state index contributed by atoms with van der Waals surface area (Å²) in [5.74, 6) is 1.04. The van der Waals surface area contributed by atoms with E-state index < -0.39 is 0 Å². The zero-order valence-electron chi connectivity index (χ0n) is 12.0. The minimum Gasteiger partial charge on any atom is -0.491 e. The van der Waals surface area contributed by atoms with Crippen LogP contribution < -0.4 is 10.2 Å². The van der Waals surface area contributed by atoms with Gasteiger partial charge in [-0.1, -0.05) is 39.8 Å². The van der Waals surface area contributed by atoms with Crippen molar-refractivity contribution >= 4 is 0 Å². The van der Waals surface area contributed by atoms with E-state index >= 15 is 0 Å². The Kier molecular flexibility index (Phi) is 3.64. The van der Waals surface area contributed by atoms with E-state index in [1.807, 2.05) is 0 Å². The summed E-state index contributed by atoms with van der Waals surface area (Å²) < 4.78 is 5.88. The second-order valence-corrected chi connectivity index (χ2v) is 5.85. The maximum atomic E-state index is 5.88. The van der Waals surface area contributed by atoms with Crippen LogP contribution >= 0.6 is 0 Å². The van der Waals surface area contributed by atoms with Crippen LogP contribution in [0, 0.1) is 0 Å². The molecule has 0 fully saturated rings. The number of hydrogen-bond acceptors (Lipinski definition) is 3. The Morgan fingerprint density at radius 3 is 2.67 bits per heavy atom. The fourth-order valence-electron chi connectivity index (χ4n) is 2.39. The number of ether oxygens (including phenoxy) is 1. The lowest BCUT2D eigenvalue weighted by molar-refractivity contribution is 0.0535. The summed E-state index contributed by atoms with van der Waals surface area (Å²) in [4.78, 5) is 5.05. The Morgan fingerprint density at radius 1 is 1.39 bits per heavy atom. The first-order valence-corrected chi connectivity index (χ1v) is 6.56. The highest BCUT2D eigenvalue weighted by molar-refractivity contribution is 5.51. The molecule has 1 aromatic carbocycles. The molecule has 18 heavy (non-hydrogen) atoms. The number of hydroxylamine groups is 1. The lowest BCUT2D eigenvalue weighted by atomic mass is 9.83. The van der Waals surface area contributed by atoms with Crippen molar-refractivity contribution in [2.24, 2.45) is 0 Å². The van der Waals surface area contributed by atoms with Crippen LogP contribution in [0.15, 0.2) is 12.1 Å². The van der Waals surface area contributed by atoms with Gasteiger partial charge in [0.2, 0.25) is 0 Å². The molecule has 0 saturated carbocycles. The third-order valence-electron chi connectivity index (χ3n) is 3.42. The van der Waals surface area contributed by atoms with E-state index in [1.54, 1.807) is 7.11 Å². The van der Waals surface area contributed by atoms with Gasteiger partial charge in [-0.15, -0.1) is 0 Å². The minimum absolute atomic E-state index is 0.0945. The van der Waals surface area contributed by atoms with Crippen LogP contribution in [0.2, 0.25) is 0 Å². The molecule has 1 aromatic rings. The molecule has 0 amide bonds. The summed E-state index contributed by atoms with van der Waals surface area (Å²) in [7, 11) is 1.65. The normalized spacial score (nSPS) is 18.6. The van der Waals surface area contributed by atoms with Crippen LogP contribution in [-0.2, 0) is 16.7 Å². The second kappa shape index (κ2) is 4.90. The lowest BCUT2D eigenvalue weighted by Gasteiger charge is -2.23. The first-order chi connectivity index (χ1) is 8.47. The summed E-state index contributed by atoms with van der Waals surface area (Å²) >= 11 is 0. The molecule has 0 radical (unpaired) electrons. The molecule has 0 aromatic heterocycles. The first kappa shape index (κ1) is 13.4.